The average molecular weight is 558 g/mol. The molecule has 0 bridgehead atoms. The molecule has 4 rings (SSSR count). The van der Waals surface area contributed by atoms with Crippen molar-refractivity contribution in [1.82, 2.24) is 4.90 Å². The second-order valence-corrected chi connectivity index (χ2v) is 9.51. The molecule has 1 fully saturated rings. The van der Waals surface area contributed by atoms with Gasteiger partial charge in [0.25, 0.3) is 11.1 Å². The van der Waals surface area contributed by atoms with Crippen LogP contribution in [-0.2, 0) is 16.2 Å². The van der Waals surface area contributed by atoms with Crippen molar-refractivity contribution in [3.8, 4) is 5.75 Å². The van der Waals surface area contributed by atoms with Gasteiger partial charge in [-0.1, -0.05) is 54.1 Å². The first-order chi connectivity index (χ1) is 16.4. The summed E-state index contributed by atoms with van der Waals surface area (Å²) in [5.41, 5.74) is 2.16. The number of benzene rings is 3. The standard InChI is InChI=1S/C25H18BrClN2O4S/c26-19-12-16(10-11-21(19)33-15-17-6-4-5-9-20(17)27)13-22-24(31)29(25(32)34-22)14-23(30)28-18-7-2-1-3-8-18/h1-13H,14-15H2,(H,28,30)/b22-13+. The van der Waals surface area contributed by atoms with Crippen LogP contribution in [0.4, 0.5) is 10.5 Å². The smallest absolute Gasteiger partial charge is 0.294 e. The van der Waals surface area contributed by atoms with Gasteiger partial charge in [0, 0.05) is 16.3 Å². The van der Waals surface area contributed by atoms with Crippen molar-refractivity contribution in [2.75, 3.05) is 11.9 Å². The fourth-order valence-electron chi connectivity index (χ4n) is 3.15. The molecule has 0 aromatic heterocycles. The first-order valence-corrected chi connectivity index (χ1v) is 12.2. The maximum Gasteiger partial charge on any atom is 0.294 e. The summed E-state index contributed by atoms with van der Waals surface area (Å²) in [6.45, 7) is -0.0447. The van der Waals surface area contributed by atoms with Gasteiger partial charge in [0.15, 0.2) is 0 Å². The van der Waals surface area contributed by atoms with Crippen LogP contribution in [0, 0.1) is 0 Å². The summed E-state index contributed by atoms with van der Waals surface area (Å²) in [4.78, 5) is 38.5. The van der Waals surface area contributed by atoms with Gasteiger partial charge >= 0.3 is 0 Å². The normalized spacial score (nSPS) is 14.5. The highest BCUT2D eigenvalue weighted by molar-refractivity contribution is 9.10. The predicted octanol–water partition coefficient (Wildman–Crippen LogP) is 6.36. The minimum Gasteiger partial charge on any atom is -0.488 e. The highest BCUT2D eigenvalue weighted by atomic mass is 79.9. The van der Waals surface area contributed by atoms with Crippen LogP contribution >= 0.6 is 39.3 Å². The van der Waals surface area contributed by atoms with Crippen LogP contribution in [0.3, 0.4) is 0 Å². The molecule has 1 N–H and O–H groups in total. The summed E-state index contributed by atoms with van der Waals surface area (Å²) in [5, 5.41) is 2.81. The van der Waals surface area contributed by atoms with E-state index in [0.717, 1.165) is 22.2 Å². The van der Waals surface area contributed by atoms with Crippen LogP contribution in [0.25, 0.3) is 6.08 Å². The number of thioether (sulfide) groups is 1. The summed E-state index contributed by atoms with van der Waals surface area (Å²) in [5.74, 6) is -0.339. The molecule has 0 aliphatic carbocycles. The third-order valence-electron chi connectivity index (χ3n) is 4.83. The van der Waals surface area contributed by atoms with Gasteiger partial charge in [0.2, 0.25) is 5.91 Å². The zero-order chi connectivity index (χ0) is 24.1. The quantitative estimate of drug-likeness (QED) is 0.342. The monoisotopic (exact) mass is 556 g/mol. The van der Waals surface area contributed by atoms with Gasteiger partial charge < -0.3 is 10.1 Å². The number of rotatable bonds is 7. The molecule has 0 unspecified atom stereocenters. The number of imide groups is 1. The van der Waals surface area contributed by atoms with E-state index >= 15 is 0 Å². The molecular formula is C25H18BrClN2O4S. The van der Waals surface area contributed by atoms with Gasteiger partial charge in [0.05, 0.1) is 9.38 Å². The van der Waals surface area contributed by atoms with Crippen molar-refractivity contribution in [3.63, 3.8) is 0 Å². The first-order valence-electron chi connectivity index (χ1n) is 10.2. The second-order valence-electron chi connectivity index (χ2n) is 7.25. The maximum atomic E-state index is 12.7. The van der Waals surface area contributed by atoms with Crippen LogP contribution < -0.4 is 10.1 Å². The third kappa shape index (κ3) is 5.88. The van der Waals surface area contributed by atoms with E-state index in [4.69, 9.17) is 16.3 Å². The molecule has 0 atom stereocenters. The number of nitrogens with one attached hydrogen (secondary N) is 1. The van der Waals surface area contributed by atoms with E-state index in [1.165, 1.54) is 0 Å². The Labute approximate surface area is 214 Å². The molecular weight excluding hydrogens is 540 g/mol. The van der Waals surface area contributed by atoms with E-state index in [9.17, 15) is 14.4 Å². The van der Waals surface area contributed by atoms with Crippen molar-refractivity contribution in [2.24, 2.45) is 0 Å². The third-order valence-corrected chi connectivity index (χ3v) is 6.72. The fourth-order valence-corrected chi connectivity index (χ4v) is 4.69. The lowest BCUT2D eigenvalue weighted by molar-refractivity contribution is -0.127. The van der Waals surface area contributed by atoms with Gasteiger partial charge in [-0.15, -0.1) is 0 Å². The van der Waals surface area contributed by atoms with E-state index in [1.807, 2.05) is 24.3 Å². The lowest BCUT2D eigenvalue weighted by Crippen LogP contribution is -2.36. The van der Waals surface area contributed by atoms with Crippen molar-refractivity contribution in [2.45, 2.75) is 6.61 Å². The molecule has 0 spiro atoms. The molecule has 34 heavy (non-hydrogen) atoms. The molecule has 3 aromatic rings. The Hall–Kier alpha value is -3.07. The van der Waals surface area contributed by atoms with Crippen LogP contribution in [0.1, 0.15) is 11.1 Å². The topological polar surface area (TPSA) is 75.7 Å². The van der Waals surface area contributed by atoms with E-state index in [2.05, 4.69) is 21.2 Å². The van der Waals surface area contributed by atoms with E-state index in [0.29, 0.717) is 33.1 Å². The molecule has 9 heteroatoms. The van der Waals surface area contributed by atoms with Crippen LogP contribution in [0.15, 0.2) is 82.2 Å². The minimum atomic E-state index is -0.506. The van der Waals surface area contributed by atoms with Gasteiger partial charge in [-0.25, -0.2) is 0 Å². The van der Waals surface area contributed by atoms with Gasteiger partial charge in [0.1, 0.15) is 18.9 Å². The molecule has 6 nitrogen and oxygen atoms in total. The highest BCUT2D eigenvalue weighted by Crippen LogP contribution is 2.34. The highest BCUT2D eigenvalue weighted by Gasteiger charge is 2.36. The largest absolute Gasteiger partial charge is 0.488 e. The molecule has 1 aliphatic heterocycles. The van der Waals surface area contributed by atoms with Crippen molar-refractivity contribution < 1.29 is 19.1 Å². The molecule has 0 radical (unpaired) electrons. The Morgan fingerprint density at radius 1 is 1.06 bits per heavy atom. The van der Waals surface area contributed by atoms with Crippen LogP contribution in [0.2, 0.25) is 5.02 Å². The number of para-hydroxylation sites is 1. The number of hydrogen-bond acceptors (Lipinski definition) is 5. The van der Waals surface area contributed by atoms with Crippen LogP contribution in [0.5, 0.6) is 5.75 Å². The Kier molecular flexibility index (Phi) is 7.72. The Bertz CT molecular complexity index is 1280. The Balaban J connectivity index is 1.41. The second kappa shape index (κ2) is 10.9. The lowest BCUT2D eigenvalue weighted by atomic mass is 10.2. The summed E-state index contributed by atoms with van der Waals surface area (Å²) in [7, 11) is 0. The number of ether oxygens (including phenoxy) is 1. The van der Waals surface area contributed by atoms with Crippen molar-refractivity contribution in [1.29, 1.82) is 0 Å². The maximum absolute atomic E-state index is 12.7. The number of carbonyl (C=O) groups excluding carboxylic acids is 3. The van der Waals surface area contributed by atoms with E-state index in [-0.39, 0.29) is 11.4 Å². The van der Waals surface area contributed by atoms with E-state index < -0.39 is 17.1 Å². The number of nitrogens with zero attached hydrogens (tertiary/aromatic N) is 1. The number of halogens is 2. The molecule has 1 aliphatic rings. The molecule has 3 aromatic carbocycles. The van der Waals surface area contributed by atoms with Gasteiger partial charge in [-0.05, 0) is 69.7 Å². The molecule has 3 amide bonds. The zero-order valence-electron chi connectivity index (χ0n) is 17.7. The minimum absolute atomic E-state index is 0.245. The molecule has 172 valence electrons. The number of amides is 3. The Morgan fingerprint density at radius 2 is 1.79 bits per heavy atom. The SMILES string of the molecule is O=C(CN1C(=O)S/C(=C/c2ccc(OCc3ccccc3Cl)c(Br)c2)C1=O)Nc1ccccc1. The Morgan fingerprint density at radius 3 is 2.53 bits per heavy atom. The van der Waals surface area contributed by atoms with Gasteiger partial charge in [-0.3, -0.25) is 19.3 Å². The first kappa shape index (κ1) is 24.1. The number of carbonyl (C=O) groups is 3. The van der Waals surface area contributed by atoms with E-state index in [1.54, 1.807) is 54.6 Å². The summed E-state index contributed by atoms with van der Waals surface area (Å²) < 4.78 is 6.54. The molecule has 0 saturated carbocycles. The fraction of sp³-hybridized carbons (Fsp3) is 0.0800. The number of anilines is 1. The average Bonchev–Trinajstić information content (AvgIpc) is 3.07. The summed E-state index contributed by atoms with van der Waals surface area (Å²) >= 11 is 10.5. The van der Waals surface area contributed by atoms with Crippen molar-refractivity contribution in [3.05, 3.63) is 98.3 Å². The number of hydrogen-bond donors (Lipinski definition) is 1. The van der Waals surface area contributed by atoms with Crippen molar-refractivity contribution >= 4 is 68.1 Å². The van der Waals surface area contributed by atoms with Crippen LogP contribution in [-0.4, -0.2) is 28.5 Å². The lowest BCUT2D eigenvalue weighted by Gasteiger charge is -2.12. The molecule has 1 heterocycles. The summed E-state index contributed by atoms with van der Waals surface area (Å²) in [6, 6.07) is 21.6. The summed E-state index contributed by atoms with van der Waals surface area (Å²) in [6.07, 6.45) is 1.61. The van der Waals surface area contributed by atoms with Gasteiger partial charge in [-0.2, -0.15) is 0 Å². The predicted molar refractivity (Wildman–Crippen MR) is 138 cm³/mol. The molecule has 1 saturated heterocycles. The zero-order valence-corrected chi connectivity index (χ0v) is 20.8.